The number of esters is 3. The average Bonchev–Trinajstić information content (AvgIpc) is 3.06. The molecule has 49 heavy (non-hydrogen) atoms. The average molecular weight is 695 g/mol. The molecule has 0 spiro atoms. The van der Waals surface area contributed by atoms with E-state index < -0.39 is 6.10 Å². The fourth-order valence-electron chi connectivity index (χ4n) is 6.22. The third-order valence-corrected chi connectivity index (χ3v) is 9.47. The summed E-state index contributed by atoms with van der Waals surface area (Å²) in [7, 11) is 0. The van der Waals surface area contributed by atoms with E-state index in [9.17, 15) is 14.4 Å². The Kier molecular flexibility index (Phi) is 35.0. The summed E-state index contributed by atoms with van der Waals surface area (Å²) in [6.45, 7) is 11.2. The van der Waals surface area contributed by atoms with Crippen LogP contribution in [0.5, 0.6) is 0 Å². The largest absolute Gasteiger partial charge is 0.462 e. The standard InChI is InChI=1S/C43H82O6/c1-6-7-8-21-28-33-41(44)47-36-40(37-48-42(45)34-29-24-20-19-23-27-32-39(4)5)49-43(46)35-30-25-18-16-14-12-10-9-11-13-15-17-22-26-31-38(2)3/h38-40H,6-37H2,1-5H3/t40-/m0/s1. The lowest BCUT2D eigenvalue weighted by Gasteiger charge is -2.18. The first kappa shape index (κ1) is 47.4. The molecule has 6 heteroatoms. The van der Waals surface area contributed by atoms with Gasteiger partial charge >= 0.3 is 17.9 Å². The Morgan fingerprint density at radius 1 is 0.388 bits per heavy atom. The molecule has 0 bridgehead atoms. The van der Waals surface area contributed by atoms with Crippen molar-refractivity contribution >= 4 is 17.9 Å². The lowest BCUT2D eigenvalue weighted by molar-refractivity contribution is -0.167. The van der Waals surface area contributed by atoms with E-state index in [1.54, 1.807) is 0 Å². The van der Waals surface area contributed by atoms with E-state index in [0.29, 0.717) is 19.3 Å². The fourth-order valence-corrected chi connectivity index (χ4v) is 6.22. The van der Waals surface area contributed by atoms with Crippen molar-refractivity contribution < 1.29 is 28.6 Å². The first-order valence-corrected chi connectivity index (χ1v) is 21.2. The number of ether oxygens (including phenoxy) is 3. The maximum absolute atomic E-state index is 12.6. The molecule has 0 rings (SSSR count). The molecule has 0 radical (unpaired) electrons. The Morgan fingerprint density at radius 2 is 0.673 bits per heavy atom. The van der Waals surface area contributed by atoms with E-state index in [-0.39, 0.29) is 31.1 Å². The van der Waals surface area contributed by atoms with Crippen LogP contribution in [0.2, 0.25) is 0 Å². The van der Waals surface area contributed by atoms with Gasteiger partial charge in [-0.15, -0.1) is 0 Å². The van der Waals surface area contributed by atoms with Gasteiger partial charge in [-0.3, -0.25) is 14.4 Å². The van der Waals surface area contributed by atoms with Gasteiger partial charge < -0.3 is 14.2 Å². The summed E-state index contributed by atoms with van der Waals surface area (Å²) in [4.78, 5) is 37.3. The van der Waals surface area contributed by atoms with Crippen LogP contribution in [0.4, 0.5) is 0 Å². The van der Waals surface area contributed by atoms with Crippen molar-refractivity contribution in [3.8, 4) is 0 Å². The minimum absolute atomic E-state index is 0.0676. The fraction of sp³-hybridized carbons (Fsp3) is 0.930. The van der Waals surface area contributed by atoms with Gasteiger partial charge in [0, 0.05) is 19.3 Å². The zero-order valence-corrected chi connectivity index (χ0v) is 33.3. The van der Waals surface area contributed by atoms with Crippen LogP contribution < -0.4 is 0 Å². The van der Waals surface area contributed by atoms with Crippen molar-refractivity contribution in [2.45, 2.75) is 233 Å². The van der Waals surface area contributed by atoms with Gasteiger partial charge in [-0.05, 0) is 31.1 Å². The molecule has 0 saturated carbocycles. The molecule has 0 aromatic rings. The van der Waals surface area contributed by atoms with Gasteiger partial charge in [-0.2, -0.15) is 0 Å². The second-order valence-electron chi connectivity index (χ2n) is 15.6. The van der Waals surface area contributed by atoms with Crippen molar-refractivity contribution in [1.82, 2.24) is 0 Å². The highest BCUT2D eigenvalue weighted by molar-refractivity contribution is 5.71. The molecular weight excluding hydrogens is 612 g/mol. The number of rotatable bonds is 37. The summed E-state index contributed by atoms with van der Waals surface area (Å²) in [6.07, 6.45) is 32.8. The van der Waals surface area contributed by atoms with Crippen LogP contribution in [0.3, 0.4) is 0 Å². The number of unbranched alkanes of at least 4 members (excludes halogenated alkanes) is 22. The summed E-state index contributed by atoms with van der Waals surface area (Å²) in [5.74, 6) is 0.727. The van der Waals surface area contributed by atoms with Crippen molar-refractivity contribution in [1.29, 1.82) is 0 Å². The quantitative estimate of drug-likeness (QED) is 0.0366. The van der Waals surface area contributed by atoms with E-state index in [0.717, 1.165) is 76.0 Å². The zero-order chi connectivity index (χ0) is 36.2. The molecule has 290 valence electrons. The molecule has 0 aliphatic rings. The van der Waals surface area contributed by atoms with Crippen molar-refractivity contribution in [3.63, 3.8) is 0 Å². The van der Waals surface area contributed by atoms with Gasteiger partial charge in [0.15, 0.2) is 6.10 Å². The highest BCUT2D eigenvalue weighted by Gasteiger charge is 2.19. The Hall–Kier alpha value is -1.59. The Balaban J connectivity index is 4.17. The SMILES string of the molecule is CCCCCCCC(=O)OC[C@@H](COC(=O)CCCCCCCCC(C)C)OC(=O)CCCCCCCCCCCCCCCCC(C)C. The summed E-state index contributed by atoms with van der Waals surface area (Å²) in [5, 5.41) is 0. The van der Waals surface area contributed by atoms with E-state index in [2.05, 4.69) is 34.6 Å². The predicted octanol–water partition coefficient (Wildman–Crippen LogP) is 13.0. The number of hydrogen-bond donors (Lipinski definition) is 0. The third kappa shape index (κ3) is 37.5. The van der Waals surface area contributed by atoms with Crippen LogP contribution in [0.15, 0.2) is 0 Å². The highest BCUT2D eigenvalue weighted by Crippen LogP contribution is 2.16. The topological polar surface area (TPSA) is 78.9 Å². The minimum Gasteiger partial charge on any atom is -0.462 e. The van der Waals surface area contributed by atoms with Crippen molar-refractivity contribution in [3.05, 3.63) is 0 Å². The lowest BCUT2D eigenvalue weighted by Crippen LogP contribution is -2.30. The first-order chi connectivity index (χ1) is 23.7. The molecule has 0 aromatic carbocycles. The molecule has 0 aliphatic heterocycles. The summed E-state index contributed by atoms with van der Waals surface area (Å²) in [6, 6.07) is 0. The molecule has 0 unspecified atom stereocenters. The first-order valence-electron chi connectivity index (χ1n) is 21.2. The number of carbonyl (C=O) groups excluding carboxylic acids is 3. The molecule has 0 heterocycles. The van der Waals surface area contributed by atoms with Gasteiger partial charge in [0.05, 0.1) is 0 Å². The van der Waals surface area contributed by atoms with Crippen molar-refractivity contribution in [2.24, 2.45) is 11.8 Å². The molecule has 0 aromatic heterocycles. The van der Waals surface area contributed by atoms with E-state index >= 15 is 0 Å². The highest BCUT2D eigenvalue weighted by atomic mass is 16.6. The molecular formula is C43H82O6. The van der Waals surface area contributed by atoms with Crippen LogP contribution in [-0.2, 0) is 28.6 Å². The molecule has 0 N–H and O–H groups in total. The van der Waals surface area contributed by atoms with Crippen LogP contribution in [0.25, 0.3) is 0 Å². The smallest absolute Gasteiger partial charge is 0.306 e. The van der Waals surface area contributed by atoms with Gasteiger partial charge in [0.2, 0.25) is 0 Å². The molecule has 0 saturated heterocycles. The van der Waals surface area contributed by atoms with E-state index in [1.165, 1.54) is 109 Å². The maximum Gasteiger partial charge on any atom is 0.306 e. The van der Waals surface area contributed by atoms with E-state index in [1.807, 2.05) is 0 Å². The zero-order valence-electron chi connectivity index (χ0n) is 33.3. The van der Waals surface area contributed by atoms with Crippen LogP contribution in [0, 0.1) is 11.8 Å². The Bertz CT molecular complexity index is 749. The summed E-state index contributed by atoms with van der Waals surface area (Å²) < 4.78 is 16.5. The predicted molar refractivity (Wildman–Crippen MR) is 206 cm³/mol. The second-order valence-corrected chi connectivity index (χ2v) is 15.6. The second kappa shape index (κ2) is 36.2. The molecule has 6 nitrogen and oxygen atoms in total. The minimum atomic E-state index is -0.758. The van der Waals surface area contributed by atoms with Gasteiger partial charge in [0.1, 0.15) is 13.2 Å². The normalized spacial score (nSPS) is 12.1. The number of hydrogen-bond acceptors (Lipinski definition) is 6. The summed E-state index contributed by atoms with van der Waals surface area (Å²) >= 11 is 0. The van der Waals surface area contributed by atoms with Gasteiger partial charge in [0.25, 0.3) is 0 Å². The molecule has 0 aliphatic carbocycles. The molecule has 0 amide bonds. The van der Waals surface area contributed by atoms with Crippen LogP contribution in [0.1, 0.15) is 227 Å². The third-order valence-electron chi connectivity index (χ3n) is 9.47. The van der Waals surface area contributed by atoms with Crippen LogP contribution in [-0.4, -0.2) is 37.2 Å². The monoisotopic (exact) mass is 695 g/mol. The van der Waals surface area contributed by atoms with Gasteiger partial charge in [-0.25, -0.2) is 0 Å². The van der Waals surface area contributed by atoms with Gasteiger partial charge in [-0.1, -0.05) is 189 Å². The lowest BCUT2D eigenvalue weighted by atomic mass is 10.0. The summed E-state index contributed by atoms with van der Waals surface area (Å²) in [5.41, 5.74) is 0. The molecule has 0 fully saturated rings. The Labute approximate surface area is 304 Å². The number of carbonyl (C=O) groups is 3. The van der Waals surface area contributed by atoms with Crippen molar-refractivity contribution in [2.75, 3.05) is 13.2 Å². The van der Waals surface area contributed by atoms with E-state index in [4.69, 9.17) is 14.2 Å². The Morgan fingerprint density at radius 3 is 1.00 bits per heavy atom. The van der Waals surface area contributed by atoms with Crippen LogP contribution >= 0.6 is 0 Å². The maximum atomic E-state index is 12.6. The molecule has 1 atom stereocenters.